The van der Waals surface area contributed by atoms with E-state index >= 15 is 0 Å². The number of nitrogens with zero attached hydrogens (tertiary/aromatic N) is 4. The van der Waals surface area contributed by atoms with Gasteiger partial charge in [-0.2, -0.15) is 5.10 Å². The van der Waals surface area contributed by atoms with Crippen LogP contribution in [0.5, 0.6) is 0 Å². The van der Waals surface area contributed by atoms with Crippen molar-refractivity contribution in [2.75, 3.05) is 0 Å². The Labute approximate surface area is 116 Å². The van der Waals surface area contributed by atoms with Crippen LogP contribution >= 0.6 is 0 Å². The van der Waals surface area contributed by atoms with Crippen molar-refractivity contribution in [3.8, 4) is 0 Å². The Kier molecular flexibility index (Phi) is 3.02. The van der Waals surface area contributed by atoms with Crippen molar-refractivity contribution in [3.63, 3.8) is 0 Å². The number of carbonyl (C=O) groups excluding carboxylic acids is 1. The lowest BCUT2D eigenvalue weighted by atomic mass is 10.1. The highest BCUT2D eigenvalue weighted by Crippen LogP contribution is 2.18. The number of benzene rings is 1. The zero-order valence-corrected chi connectivity index (χ0v) is 11.4. The summed E-state index contributed by atoms with van der Waals surface area (Å²) in [4.78, 5) is 20.3. The second kappa shape index (κ2) is 4.85. The molecule has 5 nitrogen and oxygen atoms in total. The topological polar surface area (TPSA) is 60.7 Å². The Bertz CT molecular complexity index is 774. The van der Waals surface area contributed by atoms with Gasteiger partial charge in [-0.25, -0.2) is 9.97 Å². The monoisotopic (exact) mass is 266 g/mol. The van der Waals surface area contributed by atoms with Gasteiger partial charge in [0.2, 0.25) is 5.78 Å². The van der Waals surface area contributed by atoms with Crippen LogP contribution in [0.3, 0.4) is 0 Å². The third kappa shape index (κ3) is 2.18. The molecule has 2 aromatic heterocycles. The summed E-state index contributed by atoms with van der Waals surface area (Å²) in [5, 5.41) is 5.41. The van der Waals surface area contributed by atoms with E-state index in [1.165, 1.54) is 0 Å². The zero-order chi connectivity index (χ0) is 14.1. The van der Waals surface area contributed by atoms with E-state index in [1.54, 1.807) is 17.1 Å². The molecular formula is C15H14N4O. The number of ketones is 1. The minimum absolute atomic E-state index is 0.117. The number of Topliss-reactive ketones (excluding diaryl/α,β-unsaturated/α-hetero) is 1. The quantitative estimate of drug-likeness (QED) is 0.681. The third-order valence-electron chi connectivity index (χ3n) is 3.19. The van der Waals surface area contributed by atoms with Crippen LogP contribution in [0, 0.1) is 6.92 Å². The Morgan fingerprint density at radius 1 is 1.20 bits per heavy atom. The summed E-state index contributed by atoms with van der Waals surface area (Å²) in [5.74, 6) is 0.124. The number of rotatable bonds is 3. The fraction of sp³-hybridized carbons (Fsp3) is 0.200. The predicted octanol–water partition coefficient (Wildman–Crippen LogP) is 2.10. The van der Waals surface area contributed by atoms with Gasteiger partial charge < -0.3 is 0 Å². The van der Waals surface area contributed by atoms with E-state index in [1.807, 2.05) is 38.2 Å². The van der Waals surface area contributed by atoms with Crippen LogP contribution in [0.25, 0.3) is 10.9 Å². The molecule has 0 spiro atoms. The number of carbonyl (C=O) groups is 1. The molecule has 0 saturated heterocycles. The number of para-hydroxylation sites is 1. The highest BCUT2D eigenvalue weighted by atomic mass is 16.1. The van der Waals surface area contributed by atoms with Gasteiger partial charge in [0.25, 0.3) is 0 Å². The van der Waals surface area contributed by atoms with Gasteiger partial charge in [0, 0.05) is 24.8 Å². The maximum absolute atomic E-state index is 12.2. The number of aryl methyl sites for hydroxylation is 2. The van der Waals surface area contributed by atoms with Crippen LogP contribution < -0.4 is 0 Å². The summed E-state index contributed by atoms with van der Waals surface area (Å²) < 4.78 is 1.79. The largest absolute Gasteiger partial charge is 0.290 e. The van der Waals surface area contributed by atoms with Crippen molar-refractivity contribution in [2.45, 2.75) is 13.3 Å². The van der Waals surface area contributed by atoms with Crippen molar-refractivity contribution in [2.24, 2.45) is 7.05 Å². The molecule has 0 saturated carbocycles. The number of hydrogen-bond acceptors (Lipinski definition) is 4. The standard InChI is InChI=1S/C15H14N4O/c1-10-8-16-15(17-9-10)14(20)7-12-11-5-3-4-6-13(11)19(2)18-12/h3-6,8-9H,7H2,1-2H3. The number of fused-ring (bicyclic) bond motifs is 1. The molecule has 5 heteroatoms. The Balaban J connectivity index is 1.93. The van der Waals surface area contributed by atoms with Crippen molar-refractivity contribution in [3.05, 3.63) is 53.7 Å². The van der Waals surface area contributed by atoms with Gasteiger partial charge in [-0.05, 0) is 18.6 Å². The van der Waals surface area contributed by atoms with Gasteiger partial charge in [0.05, 0.1) is 17.6 Å². The van der Waals surface area contributed by atoms with Crippen LogP contribution in [-0.2, 0) is 13.5 Å². The van der Waals surface area contributed by atoms with E-state index in [-0.39, 0.29) is 18.0 Å². The molecule has 0 aliphatic carbocycles. The summed E-state index contributed by atoms with van der Waals surface area (Å²) in [6.45, 7) is 1.89. The summed E-state index contributed by atoms with van der Waals surface area (Å²) >= 11 is 0. The molecule has 3 aromatic rings. The molecule has 0 N–H and O–H groups in total. The second-order valence-electron chi connectivity index (χ2n) is 4.77. The van der Waals surface area contributed by atoms with Crippen molar-refractivity contribution >= 4 is 16.7 Å². The number of hydrogen-bond donors (Lipinski definition) is 0. The average Bonchev–Trinajstić information content (AvgIpc) is 2.77. The molecule has 0 atom stereocenters. The smallest absolute Gasteiger partial charge is 0.206 e. The lowest BCUT2D eigenvalue weighted by molar-refractivity contribution is 0.0982. The fourth-order valence-corrected chi connectivity index (χ4v) is 2.19. The fourth-order valence-electron chi connectivity index (χ4n) is 2.19. The molecule has 0 radical (unpaired) electrons. The predicted molar refractivity (Wildman–Crippen MR) is 75.5 cm³/mol. The van der Waals surface area contributed by atoms with Gasteiger partial charge in [-0.3, -0.25) is 9.48 Å². The first-order chi connectivity index (χ1) is 9.65. The molecule has 1 aromatic carbocycles. The third-order valence-corrected chi connectivity index (χ3v) is 3.19. The van der Waals surface area contributed by atoms with Crippen LogP contribution in [0.1, 0.15) is 21.9 Å². The van der Waals surface area contributed by atoms with Crippen molar-refractivity contribution in [1.29, 1.82) is 0 Å². The first-order valence-electron chi connectivity index (χ1n) is 6.37. The Morgan fingerprint density at radius 2 is 1.90 bits per heavy atom. The highest BCUT2D eigenvalue weighted by Gasteiger charge is 2.15. The molecule has 20 heavy (non-hydrogen) atoms. The Hall–Kier alpha value is -2.56. The summed E-state index contributed by atoms with van der Waals surface area (Å²) in [7, 11) is 1.87. The Morgan fingerprint density at radius 3 is 2.65 bits per heavy atom. The molecule has 0 aliphatic rings. The lowest BCUT2D eigenvalue weighted by Gasteiger charge is -1.98. The maximum atomic E-state index is 12.2. The van der Waals surface area contributed by atoms with Crippen LogP contribution in [0.15, 0.2) is 36.7 Å². The van der Waals surface area contributed by atoms with Crippen LogP contribution in [-0.4, -0.2) is 25.5 Å². The molecule has 0 amide bonds. The van der Waals surface area contributed by atoms with Gasteiger partial charge >= 0.3 is 0 Å². The van der Waals surface area contributed by atoms with E-state index in [4.69, 9.17) is 0 Å². The lowest BCUT2D eigenvalue weighted by Crippen LogP contribution is -2.09. The summed E-state index contributed by atoms with van der Waals surface area (Å²) in [6.07, 6.45) is 3.51. The van der Waals surface area contributed by atoms with E-state index in [2.05, 4.69) is 15.1 Å². The molecule has 2 heterocycles. The van der Waals surface area contributed by atoms with E-state index in [9.17, 15) is 4.79 Å². The van der Waals surface area contributed by atoms with Gasteiger partial charge in [0.1, 0.15) is 0 Å². The first-order valence-corrected chi connectivity index (χ1v) is 6.37. The maximum Gasteiger partial charge on any atom is 0.206 e. The normalized spacial score (nSPS) is 10.9. The minimum atomic E-state index is -0.117. The van der Waals surface area contributed by atoms with Crippen LogP contribution in [0.4, 0.5) is 0 Å². The van der Waals surface area contributed by atoms with E-state index in [0.29, 0.717) is 0 Å². The summed E-state index contributed by atoms with van der Waals surface area (Å²) in [5.41, 5.74) is 2.71. The van der Waals surface area contributed by atoms with Gasteiger partial charge in [-0.15, -0.1) is 0 Å². The highest BCUT2D eigenvalue weighted by molar-refractivity contribution is 5.96. The van der Waals surface area contributed by atoms with Crippen molar-refractivity contribution < 1.29 is 4.79 Å². The van der Waals surface area contributed by atoms with Crippen molar-refractivity contribution in [1.82, 2.24) is 19.7 Å². The minimum Gasteiger partial charge on any atom is -0.290 e. The van der Waals surface area contributed by atoms with Gasteiger partial charge in [0.15, 0.2) is 5.82 Å². The second-order valence-corrected chi connectivity index (χ2v) is 4.77. The SMILES string of the molecule is Cc1cnc(C(=O)Cc2nn(C)c3ccccc23)nc1. The molecule has 100 valence electrons. The average molecular weight is 266 g/mol. The molecular weight excluding hydrogens is 252 g/mol. The van der Waals surface area contributed by atoms with Crippen LogP contribution in [0.2, 0.25) is 0 Å². The van der Waals surface area contributed by atoms with E-state index in [0.717, 1.165) is 22.2 Å². The number of aromatic nitrogens is 4. The summed E-state index contributed by atoms with van der Waals surface area (Å²) in [6, 6.07) is 7.86. The molecule has 0 fully saturated rings. The zero-order valence-electron chi connectivity index (χ0n) is 11.4. The first kappa shape index (κ1) is 12.5. The molecule has 0 bridgehead atoms. The molecule has 0 unspecified atom stereocenters. The molecule has 3 rings (SSSR count). The van der Waals surface area contributed by atoms with Gasteiger partial charge in [-0.1, -0.05) is 18.2 Å². The molecule has 0 aliphatic heterocycles. The van der Waals surface area contributed by atoms with E-state index < -0.39 is 0 Å².